The lowest BCUT2D eigenvalue weighted by atomic mass is 10.1. The fourth-order valence-corrected chi connectivity index (χ4v) is 2.32. The van der Waals surface area contributed by atoms with E-state index < -0.39 is 0 Å². The molecule has 0 saturated heterocycles. The summed E-state index contributed by atoms with van der Waals surface area (Å²) in [5.74, 6) is 1.93. The van der Waals surface area contributed by atoms with Gasteiger partial charge in [0.25, 0.3) is 5.91 Å². The first-order valence-corrected chi connectivity index (χ1v) is 8.50. The highest BCUT2D eigenvalue weighted by atomic mass is 16.5. The molecular formula is C19H25N3O3. The summed E-state index contributed by atoms with van der Waals surface area (Å²) in [5, 5.41) is 2.88. The van der Waals surface area contributed by atoms with Crippen molar-refractivity contribution < 1.29 is 14.3 Å². The molecule has 0 fully saturated rings. The fraction of sp³-hybridized carbons (Fsp3) is 0.421. The van der Waals surface area contributed by atoms with Crippen LogP contribution in [0, 0.1) is 6.92 Å². The third-order valence-corrected chi connectivity index (χ3v) is 3.57. The van der Waals surface area contributed by atoms with Crippen LogP contribution in [0.2, 0.25) is 0 Å². The molecule has 1 aromatic carbocycles. The molecule has 1 amide bonds. The summed E-state index contributed by atoms with van der Waals surface area (Å²) in [6.45, 7) is 10.7. The maximum atomic E-state index is 12.7. The molecule has 0 bridgehead atoms. The van der Waals surface area contributed by atoms with Crippen LogP contribution in [0.1, 0.15) is 55.5 Å². The average Bonchev–Trinajstić information content (AvgIpc) is 2.57. The minimum Gasteiger partial charge on any atom is -0.494 e. The van der Waals surface area contributed by atoms with E-state index >= 15 is 0 Å². The normalized spacial score (nSPS) is 10.6. The van der Waals surface area contributed by atoms with Crippen molar-refractivity contribution in [2.45, 2.75) is 40.5 Å². The highest BCUT2D eigenvalue weighted by molar-refractivity contribution is 6.05. The lowest BCUT2D eigenvalue weighted by Gasteiger charge is -2.14. The number of hydrogen-bond acceptors (Lipinski definition) is 5. The second-order valence-corrected chi connectivity index (χ2v) is 5.86. The van der Waals surface area contributed by atoms with Crippen LogP contribution in [0.15, 0.2) is 24.4 Å². The number of aryl methyl sites for hydroxylation is 1. The van der Waals surface area contributed by atoms with Gasteiger partial charge in [0, 0.05) is 18.2 Å². The first-order valence-electron chi connectivity index (χ1n) is 8.50. The molecule has 6 nitrogen and oxygen atoms in total. The Morgan fingerprint density at radius 3 is 2.52 bits per heavy atom. The number of benzene rings is 1. The molecule has 0 atom stereocenters. The monoisotopic (exact) mass is 343 g/mol. The Bertz CT molecular complexity index is 745. The molecule has 2 aromatic rings. The van der Waals surface area contributed by atoms with E-state index in [1.54, 1.807) is 18.3 Å². The molecule has 1 heterocycles. The van der Waals surface area contributed by atoms with E-state index in [9.17, 15) is 4.79 Å². The smallest absolute Gasteiger partial charge is 0.259 e. The molecular weight excluding hydrogens is 318 g/mol. The molecule has 0 spiro atoms. The number of rotatable bonds is 7. The van der Waals surface area contributed by atoms with Crippen LogP contribution in [0.5, 0.6) is 11.5 Å². The maximum Gasteiger partial charge on any atom is 0.259 e. The van der Waals surface area contributed by atoms with Gasteiger partial charge in [0.1, 0.15) is 17.3 Å². The third kappa shape index (κ3) is 4.68. The zero-order chi connectivity index (χ0) is 18.4. The van der Waals surface area contributed by atoms with E-state index in [0.717, 1.165) is 5.82 Å². The number of carbonyl (C=O) groups excluding carboxylic acids is 1. The van der Waals surface area contributed by atoms with Gasteiger partial charge in [-0.3, -0.25) is 4.79 Å². The summed E-state index contributed by atoms with van der Waals surface area (Å²) in [7, 11) is 0. The lowest BCUT2D eigenvalue weighted by Crippen LogP contribution is -2.16. The molecule has 25 heavy (non-hydrogen) atoms. The molecule has 0 saturated carbocycles. The van der Waals surface area contributed by atoms with Gasteiger partial charge in [-0.1, -0.05) is 13.8 Å². The van der Waals surface area contributed by atoms with Crippen molar-refractivity contribution in [3.8, 4) is 11.5 Å². The molecule has 0 aliphatic carbocycles. The Kier molecular flexibility index (Phi) is 6.33. The molecule has 1 aromatic heterocycles. The quantitative estimate of drug-likeness (QED) is 0.824. The van der Waals surface area contributed by atoms with E-state index in [0.29, 0.717) is 41.7 Å². The summed E-state index contributed by atoms with van der Waals surface area (Å²) < 4.78 is 11.1. The first-order chi connectivity index (χ1) is 12.0. The Hall–Kier alpha value is -2.63. The van der Waals surface area contributed by atoms with E-state index in [1.807, 2.05) is 40.7 Å². The van der Waals surface area contributed by atoms with Gasteiger partial charge >= 0.3 is 0 Å². The van der Waals surface area contributed by atoms with Gasteiger partial charge in [-0.05, 0) is 32.9 Å². The maximum absolute atomic E-state index is 12.7. The van der Waals surface area contributed by atoms with Gasteiger partial charge in [0.05, 0.1) is 30.2 Å². The first kappa shape index (κ1) is 18.7. The minimum absolute atomic E-state index is 0.211. The van der Waals surface area contributed by atoms with Crippen LogP contribution in [0.3, 0.4) is 0 Å². The predicted octanol–water partition coefficient (Wildman–Crippen LogP) is 3.96. The molecule has 0 radical (unpaired) electrons. The van der Waals surface area contributed by atoms with Crippen molar-refractivity contribution >= 4 is 11.6 Å². The largest absolute Gasteiger partial charge is 0.494 e. The van der Waals surface area contributed by atoms with Gasteiger partial charge in [0.15, 0.2) is 0 Å². The summed E-state index contributed by atoms with van der Waals surface area (Å²) in [6, 6.07) is 5.36. The number of nitrogens with zero attached hydrogens (tertiary/aromatic N) is 2. The summed E-state index contributed by atoms with van der Waals surface area (Å²) in [6.07, 6.45) is 1.57. The summed E-state index contributed by atoms with van der Waals surface area (Å²) in [5.41, 5.74) is 1.65. The SMILES string of the molecule is CCOc1ccc(OCC)c(NC(=O)c2cnc(C(C)C)nc2C)c1. The fourth-order valence-electron chi connectivity index (χ4n) is 2.32. The van der Waals surface area contributed by atoms with Gasteiger partial charge in [-0.25, -0.2) is 9.97 Å². The number of aromatic nitrogens is 2. The van der Waals surface area contributed by atoms with E-state index in [4.69, 9.17) is 9.47 Å². The van der Waals surface area contributed by atoms with Gasteiger partial charge in [-0.2, -0.15) is 0 Å². The van der Waals surface area contributed by atoms with E-state index in [-0.39, 0.29) is 11.8 Å². The van der Waals surface area contributed by atoms with Gasteiger partial charge in [-0.15, -0.1) is 0 Å². The number of hydrogen-bond donors (Lipinski definition) is 1. The van der Waals surface area contributed by atoms with Crippen LogP contribution >= 0.6 is 0 Å². The van der Waals surface area contributed by atoms with Gasteiger partial charge in [0.2, 0.25) is 0 Å². The molecule has 0 aliphatic rings. The van der Waals surface area contributed by atoms with Crippen molar-refractivity contribution in [1.82, 2.24) is 9.97 Å². The standard InChI is InChI=1S/C19H25N3O3/c1-6-24-14-8-9-17(25-7-2)16(10-14)22-19(23)15-11-20-18(12(3)4)21-13(15)5/h8-12H,6-7H2,1-5H3,(H,22,23). The van der Waals surface area contributed by atoms with Crippen molar-refractivity contribution in [3.05, 3.63) is 41.5 Å². The van der Waals surface area contributed by atoms with Crippen LogP contribution in [0.4, 0.5) is 5.69 Å². The van der Waals surface area contributed by atoms with Crippen LogP contribution in [-0.2, 0) is 0 Å². The molecule has 6 heteroatoms. The summed E-state index contributed by atoms with van der Waals surface area (Å²) in [4.78, 5) is 21.3. The zero-order valence-corrected chi connectivity index (χ0v) is 15.4. The molecule has 134 valence electrons. The molecule has 0 aliphatic heterocycles. The predicted molar refractivity (Wildman–Crippen MR) is 97.6 cm³/mol. The number of ether oxygens (including phenoxy) is 2. The summed E-state index contributed by atoms with van der Waals surface area (Å²) >= 11 is 0. The third-order valence-electron chi connectivity index (χ3n) is 3.57. The van der Waals surface area contributed by atoms with Crippen LogP contribution < -0.4 is 14.8 Å². The van der Waals surface area contributed by atoms with Crippen molar-refractivity contribution in [3.63, 3.8) is 0 Å². The van der Waals surface area contributed by atoms with E-state index in [1.165, 1.54) is 0 Å². The van der Waals surface area contributed by atoms with Crippen molar-refractivity contribution in [1.29, 1.82) is 0 Å². The van der Waals surface area contributed by atoms with Crippen molar-refractivity contribution in [2.75, 3.05) is 18.5 Å². The Labute approximate surface area is 148 Å². The van der Waals surface area contributed by atoms with E-state index in [2.05, 4.69) is 15.3 Å². The minimum atomic E-state index is -0.276. The second-order valence-electron chi connectivity index (χ2n) is 5.86. The molecule has 1 N–H and O–H groups in total. The zero-order valence-electron chi connectivity index (χ0n) is 15.4. The number of amides is 1. The number of anilines is 1. The lowest BCUT2D eigenvalue weighted by molar-refractivity contribution is 0.102. The molecule has 0 unspecified atom stereocenters. The van der Waals surface area contributed by atoms with Crippen LogP contribution in [-0.4, -0.2) is 29.1 Å². The highest BCUT2D eigenvalue weighted by Crippen LogP contribution is 2.30. The Morgan fingerprint density at radius 2 is 1.92 bits per heavy atom. The second kappa shape index (κ2) is 8.46. The topological polar surface area (TPSA) is 73.3 Å². The Balaban J connectivity index is 2.28. The highest BCUT2D eigenvalue weighted by Gasteiger charge is 2.16. The van der Waals surface area contributed by atoms with Crippen molar-refractivity contribution in [2.24, 2.45) is 0 Å². The van der Waals surface area contributed by atoms with Crippen LogP contribution in [0.25, 0.3) is 0 Å². The Morgan fingerprint density at radius 1 is 1.20 bits per heavy atom. The van der Waals surface area contributed by atoms with Gasteiger partial charge < -0.3 is 14.8 Å². The number of nitrogens with one attached hydrogen (secondary N) is 1. The average molecular weight is 343 g/mol. The molecule has 2 rings (SSSR count). The number of carbonyl (C=O) groups is 1.